The molecule has 0 aliphatic heterocycles. The van der Waals surface area contributed by atoms with Gasteiger partial charge in [-0.2, -0.15) is 0 Å². The van der Waals surface area contributed by atoms with Crippen molar-refractivity contribution in [3.05, 3.63) is 0 Å². The van der Waals surface area contributed by atoms with Crippen molar-refractivity contribution in [2.24, 2.45) is 5.92 Å². The van der Waals surface area contributed by atoms with Gasteiger partial charge >= 0.3 is 0 Å². The molecule has 0 fully saturated rings. The third-order valence-corrected chi connectivity index (χ3v) is 2.72. The molecule has 78 valence electrons. The van der Waals surface area contributed by atoms with Gasteiger partial charge in [0.05, 0.1) is 0 Å². The molecule has 1 atom stereocenters. The lowest BCUT2D eigenvalue weighted by molar-refractivity contribution is -0.107. The summed E-state index contributed by atoms with van der Waals surface area (Å²) in [6.07, 6.45) is 10.8. The minimum absolute atomic E-state index is 0.755. The molecule has 0 saturated heterocycles. The van der Waals surface area contributed by atoms with Gasteiger partial charge in [-0.3, -0.25) is 0 Å². The van der Waals surface area contributed by atoms with Crippen LogP contribution in [-0.2, 0) is 4.79 Å². The maximum Gasteiger partial charge on any atom is 0.119 e. The predicted octanol–water partition coefficient (Wildman–Crippen LogP) is 3.96. The van der Waals surface area contributed by atoms with Gasteiger partial charge in [0.25, 0.3) is 0 Å². The van der Waals surface area contributed by atoms with Gasteiger partial charge in [0.15, 0.2) is 0 Å². The second kappa shape index (κ2) is 9.76. The van der Waals surface area contributed by atoms with Crippen LogP contribution in [-0.4, -0.2) is 6.29 Å². The largest absolute Gasteiger partial charge is 0.303 e. The lowest BCUT2D eigenvalue weighted by Crippen LogP contribution is -1.91. The molecule has 1 nitrogen and oxygen atoms in total. The molecule has 0 radical (unpaired) electrons. The molecule has 0 heterocycles. The summed E-state index contributed by atoms with van der Waals surface area (Å²) in [6.45, 7) is 4.58. The highest BCUT2D eigenvalue weighted by atomic mass is 16.1. The standard InChI is InChI=1S/C12H24O/c1-3-12(2)10-8-6-4-5-7-9-11-13/h11-12H,3-10H2,1-2H3/t12-/m0/s1. The Balaban J connectivity index is 2.95. The Kier molecular flexibility index (Phi) is 9.51. The van der Waals surface area contributed by atoms with E-state index >= 15 is 0 Å². The molecule has 0 aromatic rings. The van der Waals surface area contributed by atoms with Crippen molar-refractivity contribution in [2.75, 3.05) is 0 Å². The Morgan fingerprint density at radius 2 is 1.69 bits per heavy atom. The van der Waals surface area contributed by atoms with Crippen LogP contribution in [0.5, 0.6) is 0 Å². The Morgan fingerprint density at radius 3 is 2.31 bits per heavy atom. The van der Waals surface area contributed by atoms with Crippen molar-refractivity contribution >= 4 is 6.29 Å². The van der Waals surface area contributed by atoms with Crippen molar-refractivity contribution < 1.29 is 4.79 Å². The maximum absolute atomic E-state index is 10.0. The van der Waals surface area contributed by atoms with E-state index in [1.165, 1.54) is 38.5 Å². The van der Waals surface area contributed by atoms with Gasteiger partial charge in [0.2, 0.25) is 0 Å². The third-order valence-electron chi connectivity index (χ3n) is 2.72. The first kappa shape index (κ1) is 12.7. The first-order valence-corrected chi connectivity index (χ1v) is 5.74. The van der Waals surface area contributed by atoms with Gasteiger partial charge in [-0.15, -0.1) is 0 Å². The number of carbonyl (C=O) groups excluding carboxylic acids is 1. The first-order chi connectivity index (χ1) is 6.31. The second-order valence-corrected chi connectivity index (χ2v) is 4.03. The first-order valence-electron chi connectivity index (χ1n) is 5.74. The van der Waals surface area contributed by atoms with Gasteiger partial charge in [0.1, 0.15) is 6.29 Å². The number of carbonyl (C=O) groups is 1. The molecule has 0 amide bonds. The normalized spacial score (nSPS) is 12.8. The molecule has 0 aromatic heterocycles. The average molecular weight is 184 g/mol. The van der Waals surface area contributed by atoms with Crippen molar-refractivity contribution in [1.82, 2.24) is 0 Å². The molecule has 0 N–H and O–H groups in total. The van der Waals surface area contributed by atoms with E-state index in [1.807, 2.05) is 0 Å². The number of hydrogen-bond donors (Lipinski definition) is 0. The quantitative estimate of drug-likeness (QED) is 0.391. The van der Waals surface area contributed by atoms with Crippen molar-refractivity contribution in [1.29, 1.82) is 0 Å². The second-order valence-electron chi connectivity index (χ2n) is 4.03. The van der Waals surface area contributed by atoms with Crippen molar-refractivity contribution in [3.8, 4) is 0 Å². The van der Waals surface area contributed by atoms with Gasteiger partial charge in [-0.1, -0.05) is 52.4 Å². The fourth-order valence-electron chi connectivity index (χ4n) is 1.45. The van der Waals surface area contributed by atoms with Crippen LogP contribution in [0.3, 0.4) is 0 Å². The van der Waals surface area contributed by atoms with E-state index in [0.29, 0.717) is 0 Å². The summed E-state index contributed by atoms with van der Waals surface area (Å²) in [7, 11) is 0. The summed E-state index contributed by atoms with van der Waals surface area (Å²) in [5, 5.41) is 0. The lowest BCUT2D eigenvalue weighted by atomic mass is 10.00. The number of hydrogen-bond acceptors (Lipinski definition) is 1. The van der Waals surface area contributed by atoms with E-state index in [2.05, 4.69) is 13.8 Å². The van der Waals surface area contributed by atoms with E-state index in [4.69, 9.17) is 0 Å². The minimum Gasteiger partial charge on any atom is -0.303 e. The summed E-state index contributed by atoms with van der Waals surface area (Å²) in [6, 6.07) is 0. The Morgan fingerprint density at radius 1 is 1.08 bits per heavy atom. The molecule has 0 aliphatic rings. The number of unbranched alkanes of at least 4 members (excludes halogenated alkanes) is 5. The Labute approximate surface area is 82.9 Å². The van der Waals surface area contributed by atoms with E-state index < -0.39 is 0 Å². The van der Waals surface area contributed by atoms with Crippen LogP contribution in [0.1, 0.15) is 65.2 Å². The summed E-state index contributed by atoms with van der Waals surface area (Å²) in [5.41, 5.74) is 0. The summed E-state index contributed by atoms with van der Waals surface area (Å²) >= 11 is 0. The van der Waals surface area contributed by atoms with E-state index in [9.17, 15) is 4.79 Å². The van der Waals surface area contributed by atoms with E-state index in [1.54, 1.807) is 0 Å². The Hall–Kier alpha value is -0.330. The smallest absolute Gasteiger partial charge is 0.119 e. The van der Waals surface area contributed by atoms with Gasteiger partial charge in [-0.05, 0) is 12.3 Å². The molecule has 0 aromatic carbocycles. The SMILES string of the molecule is CC[C@H](C)CCCCCCCC=O. The van der Waals surface area contributed by atoms with Crippen LogP contribution >= 0.6 is 0 Å². The van der Waals surface area contributed by atoms with E-state index in [0.717, 1.165) is 25.0 Å². The summed E-state index contributed by atoms with van der Waals surface area (Å²) in [4.78, 5) is 10.0. The summed E-state index contributed by atoms with van der Waals surface area (Å²) in [5.74, 6) is 0.898. The molecule has 1 heteroatoms. The van der Waals surface area contributed by atoms with Crippen LogP contribution in [0.2, 0.25) is 0 Å². The molecule has 0 unspecified atom stereocenters. The molecule has 0 aliphatic carbocycles. The topological polar surface area (TPSA) is 17.1 Å². The maximum atomic E-state index is 10.0. The predicted molar refractivity (Wildman–Crippen MR) is 57.8 cm³/mol. The zero-order chi connectivity index (χ0) is 9.94. The molecule has 13 heavy (non-hydrogen) atoms. The average Bonchev–Trinajstić information content (AvgIpc) is 2.16. The molecule has 0 bridgehead atoms. The number of rotatable bonds is 9. The zero-order valence-corrected chi connectivity index (χ0v) is 9.22. The minimum atomic E-state index is 0.755. The van der Waals surface area contributed by atoms with Crippen molar-refractivity contribution in [2.45, 2.75) is 65.2 Å². The van der Waals surface area contributed by atoms with Crippen LogP contribution in [0.4, 0.5) is 0 Å². The van der Waals surface area contributed by atoms with E-state index in [-0.39, 0.29) is 0 Å². The fourth-order valence-corrected chi connectivity index (χ4v) is 1.45. The van der Waals surface area contributed by atoms with Crippen LogP contribution in [0.25, 0.3) is 0 Å². The van der Waals surface area contributed by atoms with Gasteiger partial charge < -0.3 is 4.79 Å². The lowest BCUT2D eigenvalue weighted by Gasteiger charge is -2.06. The van der Waals surface area contributed by atoms with Crippen LogP contribution in [0, 0.1) is 5.92 Å². The van der Waals surface area contributed by atoms with Crippen LogP contribution in [0.15, 0.2) is 0 Å². The number of aldehydes is 1. The molecular weight excluding hydrogens is 160 g/mol. The fraction of sp³-hybridized carbons (Fsp3) is 0.917. The highest BCUT2D eigenvalue weighted by Crippen LogP contribution is 2.13. The van der Waals surface area contributed by atoms with Gasteiger partial charge in [0, 0.05) is 6.42 Å². The van der Waals surface area contributed by atoms with Gasteiger partial charge in [-0.25, -0.2) is 0 Å². The molecular formula is C12H24O. The highest BCUT2D eigenvalue weighted by molar-refractivity contribution is 5.48. The Bertz CT molecular complexity index is 110. The molecule has 0 saturated carbocycles. The monoisotopic (exact) mass is 184 g/mol. The van der Waals surface area contributed by atoms with Crippen molar-refractivity contribution in [3.63, 3.8) is 0 Å². The van der Waals surface area contributed by atoms with Crippen LogP contribution < -0.4 is 0 Å². The molecule has 0 rings (SSSR count). The molecule has 0 spiro atoms. The highest BCUT2D eigenvalue weighted by Gasteiger charge is 1.97. The summed E-state index contributed by atoms with van der Waals surface area (Å²) < 4.78 is 0. The zero-order valence-electron chi connectivity index (χ0n) is 9.22. The third kappa shape index (κ3) is 9.59.